The molecule has 0 bridgehead atoms. The van der Waals surface area contributed by atoms with Crippen molar-refractivity contribution < 1.29 is 27.5 Å². The SMILES string of the molecule is COC(=O)c1cccc(CN2C(=O)/C(=C(/c3ccc(C(F)(F)F)cc3)C(C)C)c3cc(Cl)ccc32)c1. The Morgan fingerprint density at radius 1 is 1.00 bits per heavy atom. The number of alkyl halides is 3. The van der Waals surface area contributed by atoms with Gasteiger partial charge in [-0.05, 0) is 65.1 Å². The molecular weight excluding hydrogens is 491 g/mol. The molecule has 186 valence electrons. The van der Waals surface area contributed by atoms with E-state index in [9.17, 15) is 22.8 Å². The van der Waals surface area contributed by atoms with Gasteiger partial charge in [-0.1, -0.05) is 49.7 Å². The highest BCUT2D eigenvalue weighted by Crippen LogP contribution is 2.45. The molecule has 1 amide bonds. The van der Waals surface area contributed by atoms with Crippen LogP contribution in [0.4, 0.5) is 18.9 Å². The van der Waals surface area contributed by atoms with Crippen LogP contribution in [0.25, 0.3) is 11.1 Å². The molecule has 4 nitrogen and oxygen atoms in total. The predicted molar refractivity (Wildman–Crippen MR) is 134 cm³/mol. The number of amides is 1. The third-order valence-corrected chi connectivity index (χ3v) is 6.27. The van der Waals surface area contributed by atoms with Crippen LogP contribution < -0.4 is 4.90 Å². The average molecular weight is 514 g/mol. The topological polar surface area (TPSA) is 46.6 Å². The van der Waals surface area contributed by atoms with Crippen LogP contribution in [-0.2, 0) is 22.3 Å². The zero-order valence-corrected chi connectivity index (χ0v) is 20.6. The molecule has 0 atom stereocenters. The van der Waals surface area contributed by atoms with Crippen molar-refractivity contribution in [3.63, 3.8) is 0 Å². The Labute approximate surface area is 211 Å². The van der Waals surface area contributed by atoms with Gasteiger partial charge in [0.15, 0.2) is 0 Å². The largest absolute Gasteiger partial charge is 0.465 e. The highest BCUT2D eigenvalue weighted by atomic mass is 35.5. The highest BCUT2D eigenvalue weighted by Gasteiger charge is 2.36. The number of allylic oxidation sites excluding steroid dienone is 1. The first kappa shape index (κ1) is 25.5. The number of halogens is 4. The molecule has 0 radical (unpaired) electrons. The molecule has 3 aromatic carbocycles. The zero-order chi connectivity index (χ0) is 26.2. The second-order valence-corrected chi connectivity index (χ2v) is 9.20. The average Bonchev–Trinajstić information content (AvgIpc) is 3.09. The molecule has 1 heterocycles. The number of carbonyl (C=O) groups is 2. The van der Waals surface area contributed by atoms with E-state index < -0.39 is 17.7 Å². The maximum Gasteiger partial charge on any atom is 0.416 e. The molecule has 4 rings (SSSR count). The van der Waals surface area contributed by atoms with Gasteiger partial charge in [-0.2, -0.15) is 13.2 Å². The molecule has 36 heavy (non-hydrogen) atoms. The van der Waals surface area contributed by atoms with Crippen LogP contribution in [0.3, 0.4) is 0 Å². The summed E-state index contributed by atoms with van der Waals surface area (Å²) in [5.41, 5.74) is 3.12. The third-order valence-electron chi connectivity index (χ3n) is 6.04. The van der Waals surface area contributed by atoms with E-state index >= 15 is 0 Å². The number of methoxy groups -OCH3 is 1. The van der Waals surface area contributed by atoms with E-state index in [1.54, 1.807) is 47.4 Å². The van der Waals surface area contributed by atoms with E-state index in [0.717, 1.165) is 12.1 Å². The summed E-state index contributed by atoms with van der Waals surface area (Å²) < 4.78 is 44.2. The number of carbonyl (C=O) groups excluding carboxylic acids is 2. The second kappa shape index (κ2) is 9.82. The number of fused-ring (bicyclic) bond motifs is 1. The Bertz CT molecular complexity index is 1360. The Balaban J connectivity index is 1.83. The molecule has 0 saturated carbocycles. The van der Waals surface area contributed by atoms with Crippen molar-refractivity contribution in [2.24, 2.45) is 5.92 Å². The Morgan fingerprint density at radius 3 is 2.31 bits per heavy atom. The van der Waals surface area contributed by atoms with Crippen LogP contribution in [0.5, 0.6) is 0 Å². The minimum atomic E-state index is -4.46. The van der Waals surface area contributed by atoms with Crippen molar-refractivity contribution in [1.29, 1.82) is 0 Å². The minimum Gasteiger partial charge on any atom is -0.465 e. The number of rotatable bonds is 5. The summed E-state index contributed by atoms with van der Waals surface area (Å²) in [6, 6.07) is 16.8. The maximum absolute atomic E-state index is 13.9. The van der Waals surface area contributed by atoms with E-state index in [4.69, 9.17) is 16.3 Å². The summed E-state index contributed by atoms with van der Waals surface area (Å²) in [6.07, 6.45) is -4.46. The van der Waals surface area contributed by atoms with Gasteiger partial charge in [0, 0.05) is 10.6 Å². The van der Waals surface area contributed by atoms with Gasteiger partial charge >= 0.3 is 12.1 Å². The van der Waals surface area contributed by atoms with Crippen molar-refractivity contribution in [2.75, 3.05) is 12.0 Å². The van der Waals surface area contributed by atoms with Gasteiger partial charge in [0.05, 0.1) is 36.0 Å². The van der Waals surface area contributed by atoms with Gasteiger partial charge in [0.1, 0.15) is 0 Å². The maximum atomic E-state index is 13.9. The fourth-order valence-electron chi connectivity index (χ4n) is 4.42. The molecular formula is C28H23ClF3NO3. The van der Waals surface area contributed by atoms with Crippen LogP contribution in [0.15, 0.2) is 66.7 Å². The van der Waals surface area contributed by atoms with Gasteiger partial charge in [-0.25, -0.2) is 4.79 Å². The van der Waals surface area contributed by atoms with Gasteiger partial charge in [0.25, 0.3) is 5.91 Å². The zero-order valence-electron chi connectivity index (χ0n) is 19.8. The van der Waals surface area contributed by atoms with E-state index in [-0.39, 0.29) is 18.4 Å². The van der Waals surface area contributed by atoms with Crippen LogP contribution in [0, 0.1) is 5.92 Å². The lowest BCUT2D eigenvalue weighted by Crippen LogP contribution is -2.26. The summed E-state index contributed by atoms with van der Waals surface area (Å²) in [7, 11) is 1.30. The molecule has 8 heteroatoms. The van der Waals surface area contributed by atoms with E-state index in [0.29, 0.717) is 44.1 Å². The molecule has 0 aromatic heterocycles. The number of anilines is 1. The number of hydrogen-bond acceptors (Lipinski definition) is 3. The van der Waals surface area contributed by atoms with Crippen LogP contribution >= 0.6 is 11.6 Å². The van der Waals surface area contributed by atoms with Crippen molar-refractivity contribution in [3.8, 4) is 0 Å². The summed E-state index contributed by atoms with van der Waals surface area (Å²) >= 11 is 6.29. The third kappa shape index (κ3) is 4.88. The molecule has 1 aliphatic heterocycles. The summed E-state index contributed by atoms with van der Waals surface area (Å²) in [5.74, 6) is -0.948. The predicted octanol–water partition coefficient (Wildman–Crippen LogP) is 7.26. The van der Waals surface area contributed by atoms with E-state index in [2.05, 4.69) is 0 Å². The first-order valence-electron chi connectivity index (χ1n) is 11.2. The minimum absolute atomic E-state index is 0.171. The Morgan fingerprint density at radius 2 is 1.69 bits per heavy atom. The molecule has 3 aromatic rings. The number of ether oxygens (including phenoxy) is 1. The monoisotopic (exact) mass is 513 g/mol. The van der Waals surface area contributed by atoms with E-state index in [1.165, 1.54) is 19.2 Å². The number of esters is 1. The van der Waals surface area contributed by atoms with Gasteiger partial charge < -0.3 is 9.64 Å². The number of benzene rings is 3. The lowest BCUT2D eigenvalue weighted by Gasteiger charge is -2.19. The normalized spacial score (nSPS) is 14.8. The summed E-state index contributed by atoms with van der Waals surface area (Å²) in [6.45, 7) is 3.96. The first-order chi connectivity index (χ1) is 17.0. The second-order valence-electron chi connectivity index (χ2n) is 8.76. The van der Waals surface area contributed by atoms with Crippen molar-refractivity contribution in [2.45, 2.75) is 26.6 Å². The smallest absolute Gasteiger partial charge is 0.416 e. The molecule has 0 aliphatic carbocycles. The van der Waals surface area contributed by atoms with Crippen molar-refractivity contribution >= 4 is 40.3 Å². The number of nitrogens with zero attached hydrogens (tertiary/aromatic N) is 1. The quantitative estimate of drug-likeness (QED) is 0.266. The van der Waals surface area contributed by atoms with E-state index in [1.807, 2.05) is 13.8 Å². The van der Waals surface area contributed by atoms with Crippen molar-refractivity contribution in [3.05, 3.63) is 99.6 Å². The molecule has 0 fully saturated rings. The van der Waals surface area contributed by atoms with Crippen LogP contribution in [-0.4, -0.2) is 19.0 Å². The molecule has 0 spiro atoms. The fourth-order valence-corrected chi connectivity index (χ4v) is 4.59. The van der Waals surface area contributed by atoms with Gasteiger partial charge in [0.2, 0.25) is 0 Å². The number of hydrogen-bond donors (Lipinski definition) is 0. The first-order valence-corrected chi connectivity index (χ1v) is 11.6. The Hall–Kier alpha value is -3.58. The van der Waals surface area contributed by atoms with Gasteiger partial charge in [-0.15, -0.1) is 0 Å². The summed E-state index contributed by atoms with van der Waals surface area (Å²) in [4.78, 5) is 27.4. The molecule has 1 aliphatic rings. The van der Waals surface area contributed by atoms with Crippen LogP contribution in [0.2, 0.25) is 5.02 Å². The molecule has 0 N–H and O–H groups in total. The van der Waals surface area contributed by atoms with Gasteiger partial charge in [-0.3, -0.25) is 4.79 Å². The lowest BCUT2D eigenvalue weighted by atomic mass is 9.87. The molecule has 0 unspecified atom stereocenters. The highest BCUT2D eigenvalue weighted by molar-refractivity contribution is 6.39. The van der Waals surface area contributed by atoms with Crippen molar-refractivity contribution in [1.82, 2.24) is 0 Å². The standard InChI is InChI=1S/C28H23ClF3NO3/c1-16(2)24(18-7-9-20(10-8-18)28(30,31)32)25-22-14-21(29)11-12-23(22)33(26(25)34)15-17-5-4-6-19(13-17)27(35)36-3/h4-14,16H,15H2,1-3H3/b25-24+. The molecule has 0 saturated heterocycles. The Kier molecular flexibility index (Phi) is 6.96. The summed E-state index contributed by atoms with van der Waals surface area (Å²) in [5, 5.41) is 0.434. The fraction of sp³-hybridized carbons (Fsp3) is 0.214. The van der Waals surface area contributed by atoms with Crippen LogP contribution in [0.1, 0.15) is 46.5 Å². The lowest BCUT2D eigenvalue weighted by molar-refractivity contribution is -0.137.